The van der Waals surface area contributed by atoms with Crippen LogP contribution in [0.3, 0.4) is 0 Å². The molecule has 0 spiro atoms. The zero-order chi connectivity index (χ0) is 18.2. The number of hydrogen-bond acceptors (Lipinski definition) is 5. The van der Waals surface area contributed by atoms with E-state index < -0.39 is 29.8 Å². The molecule has 0 fully saturated rings. The highest BCUT2D eigenvalue weighted by Crippen LogP contribution is 2.10. The predicted octanol–water partition coefficient (Wildman–Crippen LogP) is 2.56. The van der Waals surface area contributed by atoms with E-state index in [0.29, 0.717) is 0 Å². The lowest BCUT2D eigenvalue weighted by Crippen LogP contribution is -2.46. The van der Waals surface area contributed by atoms with Gasteiger partial charge in [-0.05, 0) is 26.3 Å². The van der Waals surface area contributed by atoms with E-state index in [9.17, 15) is 14.7 Å². The first-order chi connectivity index (χ1) is 11.2. The molecule has 132 valence electrons. The average Bonchev–Trinajstić information content (AvgIpc) is 2.50. The predicted molar refractivity (Wildman–Crippen MR) is 90.2 cm³/mol. The van der Waals surface area contributed by atoms with E-state index in [-0.39, 0.29) is 13.0 Å². The first kappa shape index (κ1) is 19.7. The number of amides is 1. The molecule has 6 nitrogen and oxygen atoms in total. The molecular weight excluding hydrogens is 310 g/mol. The van der Waals surface area contributed by atoms with Gasteiger partial charge < -0.3 is 19.9 Å². The minimum atomic E-state index is -1.10. The van der Waals surface area contributed by atoms with Crippen LogP contribution in [0.2, 0.25) is 0 Å². The molecule has 0 saturated carbocycles. The zero-order valence-electron chi connectivity index (χ0n) is 14.3. The normalized spacial score (nSPS) is 13.5. The Kier molecular flexibility index (Phi) is 7.45. The second-order valence-electron chi connectivity index (χ2n) is 6.33. The molecular formula is C18H25NO5. The number of benzene rings is 1. The van der Waals surface area contributed by atoms with Crippen LogP contribution in [0.1, 0.15) is 32.8 Å². The van der Waals surface area contributed by atoms with E-state index in [1.165, 1.54) is 6.08 Å². The van der Waals surface area contributed by atoms with Crippen LogP contribution in [0.4, 0.5) is 4.79 Å². The molecule has 6 heteroatoms. The van der Waals surface area contributed by atoms with Gasteiger partial charge in [0.25, 0.3) is 0 Å². The zero-order valence-corrected chi connectivity index (χ0v) is 14.3. The Balaban J connectivity index is 2.57. The molecule has 0 aromatic heterocycles. The van der Waals surface area contributed by atoms with Crippen LogP contribution in [0, 0.1) is 0 Å². The number of aliphatic hydroxyl groups excluding tert-OH is 1. The highest BCUT2D eigenvalue weighted by atomic mass is 16.6. The molecule has 1 aromatic rings. The molecule has 24 heavy (non-hydrogen) atoms. The number of hydrogen-bond donors (Lipinski definition) is 2. The van der Waals surface area contributed by atoms with Crippen molar-refractivity contribution in [3.63, 3.8) is 0 Å². The van der Waals surface area contributed by atoms with Gasteiger partial charge in [0.1, 0.15) is 12.2 Å². The first-order valence-corrected chi connectivity index (χ1v) is 7.71. The van der Waals surface area contributed by atoms with Gasteiger partial charge in [0.15, 0.2) is 0 Å². The quantitative estimate of drug-likeness (QED) is 0.591. The monoisotopic (exact) mass is 335 g/mol. The van der Waals surface area contributed by atoms with E-state index in [1.807, 2.05) is 30.3 Å². The van der Waals surface area contributed by atoms with Gasteiger partial charge in [-0.1, -0.05) is 36.4 Å². The van der Waals surface area contributed by atoms with E-state index in [4.69, 9.17) is 9.47 Å². The Morgan fingerprint density at radius 2 is 1.92 bits per heavy atom. The van der Waals surface area contributed by atoms with Crippen LogP contribution >= 0.6 is 0 Å². The topological polar surface area (TPSA) is 84.9 Å². The highest BCUT2D eigenvalue weighted by molar-refractivity contribution is 5.73. The van der Waals surface area contributed by atoms with E-state index in [2.05, 4.69) is 11.9 Å². The van der Waals surface area contributed by atoms with Crippen LogP contribution in [0.15, 0.2) is 43.0 Å². The van der Waals surface area contributed by atoms with E-state index in [0.717, 1.165) is 5.56 Å². The van der Waals surface area contributed by atoms with Crippen molar-refractivity contribution in [3.05, 3.63) is 48.6 Å². The number of nitrogens with one attached hydrogen (secondary N) is 1. The van der Waals surface area contributed by atoms with Crippen LogP contribution in [0.25, 0.3) is 0 Å². The second kappa shape index (κ2) is 9.08. The van der Waals surface area contributed by atoms with Gasteiger partial charge in [-0.15, -0.1) is 6.58 Å². The molecule has 1 rings (SSSR count). The van der Waals surface area contributed by atoms with Crippen molar-refractivity contribution in [2.24, 2.45) is 0 Å². The fourth-order valence-electron chi connectivity index (χ4n) is 1.86. The molecule has 1 amide bonds. The molecule has 0 heterocycles. The van der Waals surface area contributed by atoms with E-state index in [1.54, 1.807) is 20.8 Å². The highest BCUT2D eigenvalue weighted by Gasteiger charge is 2.25. The number of rotatable bonds is 7. The third kappa shape index (κ3) is 7.78. The maximum atomic E-state index is 12.0. The molecule has 1 aromatic carbocycles. The van der Waals surface area contributed by atoms with Crippen molar-refractivity contribution in [1.82, 2.24) is 5.32 Å². The number of carbonyl (C=O) groups excluding carboxylic acids is 2. The maximum Gasteiger partial charge on any atom is 0.407 e. The largest absolute Gasteiger partial charge is 0.461 e. The van der Waals surface area contributed by atoms with Gasteiger partial charge in [0.2, 0.25) is 0 Å². The van der Waals surface area contributed by atoms with Gasteiger partial charge in [0, 0.05) is 0 Å². The van der Waals surface area contributed by atoms with Crippen molar-refractivity contribution in [1.29, 1.82) is 0 Å². The van der Waals surface area contributed by atoms with Gasteiger partial charge in [-0.25, -0.2) is 4.79 Å². The molecule has 2 atom stereocenters. The summed E-state index contributed by atoms with van der Waals surface area (Å²) in [4.78, 5) is 23.8. The van der Waals surface area contributed by atoms with Crippen molar-refractivity contribution in [2.75, 3.05) is 0 Å². The number of aliphatic hydroxyl groups is 1. The Morgan fingerprint density at radius 1 is 1.29 bits per heavy atom. The summed E-state index contributed by atoms with van der Waals surface area (Å²) in [5.74, 6) is -0.541. The fraction of sp³-hybridized carbons (Fsp3) is 0.444. The summed E-state index contributed by atoms with van der Waals surface area (Å²) in [6, 6.07) is 8.35. The summed E-state index contributed by atoms with van der Waals surface area (Å²) in [7, 11) is 0. The van der Waals surface area contributed by atoms with Crippen molar-refractivity contribution in [3.8, 4) is 0 Å². The Morgan fingerprint density at radius 3 is 2.46 bits per heavy atom. The molecule has 1 unspecified atom stereocenters. The smallest absolute Gasteiger partial charge is 0.407 e. The third-order valence-corrected chi connectivity index (χ3v) is 2.99. The summed E-state index contributed by atoms with van der Waals surface area (Å²) < 4.78 is 10.3. The fourth-order valence-corrected chi connectivity index (χ4v) is 1.86. The number of alkyl carbamates (subject to hydrolysis) is 1. The standard InChI is InChI=1S/C18H25NO5/c1-5-15(20)14(19-17(22)24-18(2,3)4)11-16(21)23-12-13-9-7-6-8-10-13/h5-10,14-15,20H,1,11-12H2,2-4H3,(H,19,22)/t14-,15?/m0/s1. The van der Waals surface area contributed by atoms with Gasteiger partial charge >= 0.3 is 12.1 Å². The van der Waals surface area contributed by atoms with Crippen molar-refractivity contribution >= 4 is 12.1 Å². The molecule has 0 aliphatic heterocycles. The summed E-state index contributed by atoms with van der Waals surface area (Å²) in [5, 5.41) is 12.4. The maximum absolute atomic E-state index is 12.0. The van der Waals surface area contributed by atoms with Crippen molar-refractivity contribution in [2.45, 2.75) is 51.5 Å². The Bertz CT molecular complexity index is 550. The van der Waals surface area contributed by atoms with Gasteiger partial charge in [-0.2, -0.15) is 0 Å². The van der Waals surface area contributed by atoms with Crippen LogP contribution in [-0.4, -0.2) is 34.9 Å². The van der Waals surface area contributed by atoms with Crippen LogP contribution in [0.5, 0.6) is 0 Å². The summed E-state index contributed by atoms with van der Waals surface area (Å²) >= 11 is 0. The second-order valence-corrected chi connectivity index (χ2v) is 6.33. The summed E-state index contributed by atoms with van der Waals surface area (Å²) in [6.07, 6.45) is -0.766. The SMILES string of the molecule is C=CC(O)[C@H](CC(=O)OCc1ccccc1)NC(=O)OC(C)(C)C. The molecule has 0 radical (unpaired) electrons. The van der Waals surface area contributed by atoms with Gasteiger partial charge in [0.05, 0.1) is 18.6 Å². The number of esters is 1. The average molecular weight is 335 g/mol. The minimum Gasteiger partial charge on any atom is -0.461 e. The molecule has 0 bridgehead atoms. The molecule has 0 aliphatic carbocycles. The molecule has 0 aliphatic rings. The summed E-state index contributed by atoms with van der Waals surface area (Å²) in [6.45, 7) is 8.76. The lowest BCUT2D eigenvalue weighted by molar-refractivity contribution is -0.146. The number of ether oxygens (including phenoxy) is 2. The first-order valence-electron chi connectivity index (χ1n) is 7.71. The summed E-state index contributed by atoms with van der Waals surface area (Å²) in [5.41, 5.74) is 0.175. The molecule has 0 saturated heterocycles. The minimum absolute atomic E-state index is 0.128. The van der Waals surface area contributed by atoms with Crippen LogP contribution < -0.4 is 5.32 Å². The third-order valence-electron chi connectivity index (χ3n) is 2.99. The number of carbonyl (C=O) groups is 2. The van der Waals surface area contributed by atoms with Crippen LogP contribution in [-0.2, 0) is 20.9 Å². The Hall–Kier alpha value is -2.34. The lowest BCUT2D eigenvalue weighted by atomic mass is 10.1. The lowest BCUT2D eigenvalue weighted by Gasteiger charge is -2.25. The van der Waals surface area contributed by atoms with Gasteiger partial charge in [-0.3, -0.25) is 4.79 Å². The van der Waals surface area contributed by atoms with E-state index >= 15 is 0 Å². The molecule has 2 N–H and O–H groups in total. The Labute approximate surface area is 142 Å². The van der Waals surface area contributed by atoms with Crippen molar-refractivity contribution < 1.29 is 24.2 Å².